The van der Waals surface area contributed by atoms with Crippen LogP contribution >= 0.6 is 0 Å². The molecule has 0 radical (unpaired) electrons. The maximum atomic E-state index is 5.84. The molecule has 0 atom stereocenters. The molecule has 1 aromatic carbocycles. The first kappa shape index (κ1) is 14.0. The minimum absolute atomic E-state index is 0.479. The van der Waals surface area contributed by atoms with Crippen LogP contribution in [0.3, 0.4) is 0 Å². The van der Waals surface area contributed by atoms with E-state index in [1.54, 1.807) is 0 Å². The zero-order valence-corrected chi connectivity index (χ0v) is 11.7. The highest BCUT2D eigenvalue weighted by Crippen LogP contribution is 2.25. The van der Waals surface area contributed by atoms with E-state index in [0.717, 1.165) is 24.6 Å². The molecular formula is C15H24N2O2. The van der Waals surface area contributed by atoms with Crippen LogP contribution < -0.4 is 15.8 Å². The van der Waals surface area contributed by atoms with Gasteiger partial charge in [-0.05, 0) is 31.9 Å². The topological polar surface area (TPSA) is 56.5 Å². The fourth-order valence-electron chi connectivity index (χ4n) is 2.40. The third-order valence-corrected chi connectivity index (χ3v) is 3.40. The van der Waals surface area contributed by atoms with Gasteiger partial charge < -0.3 is 20.5 Å². The van der Waals surface area contributed by atoms with E-state index in [4.69, 9.17) is 15.2 Å². The first-order valence-corrected chi connectivity index (χ1v) is 7.17. The molecule has 0 unspecified atom stereocenters. The Labute approximate surface area is 115 Å². The summed E-state index contributed by atoms with van der Waals surface area (Å²) in [7, 11) is 0. The highest BCUT2D eigenvalue weighted by atomic mass is 16.5. The molecule has 1 aliphatic rings. The van der Waals surface area contributed by atoms with E-state index in [-0.39, 0.29) is 0 Å². The van der Waals surface area contributed by atoms with Crippen molar-refractivity contribution in [3.63, 3.8) is 0 Å². The zero-order valence-electron chi connectivity index (χ0n) is 11.7. The van der Waals surface area contributed by atoms with Crippen LogP contribution in [-0.4, -0.2) is 25.9 Å². The SMILES string of the molecule is CCOc1cc(NCCOC2CCCC2)ccc1N. The molecule has 1 saturated carbocycles. The Morgan fingerprint density at radius 1 is 1.32 bits per heavy atom. The van der Waals surface area contributed by atoms with Gasteiger partial charge in [0.1, 0.15) is 5.75 Å². The van der Waals surface area contributed by atoms with Crippen molar-refractivity contribution < 1.29 is 9.47 Å². The van der Waals surface area contributed by atoms with Crippen molar-refractivity contribution in [3.8, 4) is 5.75 Å². The minimum Gasteiger partial charge on any atom is -0.492 e. The fraction of sp³-hybridized carbons (Fsp3) is 0.600. The van der Waals surface area contributed by atoms with Gasteiger partial charge in [0.25, 0.3) is 0 Å². The Morgan fingerprint density at radius 2 is 2.11 bits per heavy atom. The molecule has 19 heavy (non-hydrogen) atoms. The van der Waals surface area contributed by atoms with Gasteiger partial charge in [0.05, 0.1) is 25.0 Å². The number of anilines is 2. The Balaban J connectivity index is 1.74. The van der Waals surface area contributed by atoms with Gasteiger partial charge >= 0.3 is 0 Å². The lowest BCUT2D eigenvalue weighted by atomic mass is 10.2. The van der Waals surface area contributed by atoms with E-state index < -0.39 is 0 Å². The van der Waals surface area contributed by atoms with E-state index >= 15 is 0 Å². The molecule has 2 rings (SSSR count). The lowest BCUT2D eigenvalue weighted by Crippen LogP contribution is -2.15. The highest BCUT2D eigenvalue weighted by molar-refractivity contribution is 5.61. The number of benzene rings is 1. The second-order valence-electron chi connectivity index (χ2n) is 4.89. The van der Waals surface area contributed by atoms with Crippen molar-refractivity contribution in [1.82, 2.24) is 0 Å². The molecule has 3 N–H and O–H groups in total. The van der Waals surface area contributed by atoms with Gasteiger partial charge in [-0.1, -0.05) is 12.8 Å². The summed E-state index contributed by atoms with van der Waals surface area (Å²) in [5.41, 5.74) is 7.53. The fourth-order valence-corrected chi connectivity index (χ4v) is 2.40. The summed E-state index contributed by atoms with van der Waals surface area (Å²) < 4.78 is 11.3. The molecule has 0 saturated heterocycles. The van der Waals surface area contributed by atoms with Crippen molar-refractivity contribution >= 4 is 11.4 Å². The monoisotopic (exact) mass is 264 g/mol. The Bertz CT molecular complexity index is 390. The van der Waals surface area contributed by atoms with Gasteiger partial charge in [0, 0.05) is 18.3 Å². The normalized spacial score (nSPS) is 15.6. The molecule has 0 bridgehead atoms. The zero-order chi connectivity index (χ0) is 13.5. The average Bonchev–Trinajstić information content (AvgIpc) is 2.92. The van der Waals surface area contributed by atoms with Crippen molar-refractivity contribution in [3.05, 3.63) is 18.2 Å². The van der Waals surface area contributed by atoms with E-state index in [0.29, 0.717) is 18.4 Å². The summed E-state index contributed by atoms with van der Waals surface area (Å²) in [5, 5.41) is 3.33. The van der Waals surface area contributed by atoms with E-state index in [2.05, 4.69) is 5.32 Å². The van der Waals surface area contributed by atoms with Crippen LogP contribution in [0.25, 0.3) is 0 Å². The second-order valence-corrected chi connectivity index (χ2v) is 4.89. The Hall–Kier alpha value is -1.42. The van der Waals surface area contributed by atoms with Gasteiger partial charge in [-0.2, -0.15) is 0 Å². The number of hydrogen-bond acceptors (Lipinski definition) is 4. The summed E-state index contributed by atoms with van der Waals surface area (Å²) in [6.45, 7) is 4.14. The summed E-state index contributed by atoms with van der Waals surface area (Å²) in [4.78, 5) is 0. The summed E-state index contributed by atoms with van der Waals surface area (Å²) in [5.74, 6) is 0.740. The van der Waals surface area contributed by atoms with Crippen molar-refractivity contribution in [2.45, 2.75) is 38.7 Å². The first-order chi connectivity index (χ1) is 9.29. The Kier molecular flexibility index (Phi) is 5.33. The number of hydrogen-bond donors (Lipinski definition) is 2. The second kappa shape index (κ2) is 7.24. The van der Waals surface area contributed by atoms with Gasteiger partial charge in [0.15, 0.2) is 0 Å². The predicted molar refractivity (Wildman–Crippen MR) is 78.7 cm³/mol. The minimum atomic E-state index is 0.479. The van der Waals surface area contributed by atoms with Crippen LogP contribution in [0.4, 0.5) is 11.4 Å². The number of ether oxygens (including phenoxy) is 2. The van der Waals surface area contributed by atoms with Crippen LogP contribution in [0, 0.1) is 0 Å². The van der Waals surface area contributed by atoms with Crippen LogP contribution in [0.2, 0.25) is 0 Å². The van der Waals surface area contributed by atoms with E-state index in [1.807, 2.05) is 25.1 Å². The average molecular weight is 264 g/mol. The standard InChI is InChI=1S/C15H24N2O2/c1-2-18-15-11-12(7-8-14(15)16)17-9-10-19-13-5-3-4-6-13/h7-8,11,13,17H,2-6,9-10,16H2,1H3. The third-order valence-electron chi connectivity index (χ3n) is 3.40. The van der Waals surface area contributed by atoms with Crippen LogP contribution in [0.5, 0.6) is 5.75 Å². The molecular weight excluding hydrogens is 240 g/mol. The van der Waals surface area contributed by atoms with Crippen molar-refractivity contribution in [2.24, 2.45) is 0 Å². The molecule has 1 aliphatic carbocycles. The predicted octanol–water partition coefficient (Wildman–Crippen LogP) is 3.04. The maximum absolute atomic E-state index is 5.84. The van der Waals surface area contributed by atoms with Crippen molar-refractivity contribution in [1.29, 1.82) is 0 Å². The molecule has 4 nitrogen and oxygen atoms in total. The van der Waals surface area contributed by atoms with Gasteiger partial charge in [0.2, 0.25) is 0 Å². The number of nitrogens with two attached hydrogens (primary N) is 1. The first-order valence-electron chi connectivity index (χ1n) is 7.17. The van der Waals surface area contributed by atoms with Crippen LogP contribution in [0.15, 0.2) is 18.2 Å². The number of rotatable bonds is 7. The quantitative estimate of drug-likeness (QED) is 0.587. The molecule has 0 amide bonds. The number of nitrogens with one attached hydrogen (secondary N) is 1. The van der Waals surface area contributed by atoms with Crippen molar-refractivity contribution in [2.75, 3.05) is 30.8 Å². The summed E-state index contributed by atoms with van der Waals surface area (Å²) in [6.07, 6.45) is 5.54. The molecule has 0 aliphatic heterocycles. The van der Waals surface area contributed by atoms with Gasteiger partial charge in [-0.15, -0.1) is 0 Å². The summed E-state index contributed by atoms with van der Waals surface area (Å²) in [6, 6.07) is 5.77. The lowest BCUT2D eigenvalue weighted by molar-refractivity contribution is 0.0659. The highest BCUT2D eigenvalue weighted by Gasteiger charge is 2.14. The van der Waals surface area contributed by atoms with Crippen LogP contribution in [0.1, 0.15) is 32.6 Å². The largest absolute Gasteiger partial charge is 0.492 e. The smallest absolute Gasteiger partial charge is 0.144 e. The lowest BCUT2D eigenvalue weighted by Gasteiger charge is -2.13. The van der Waals surface area contributed by atoms with E-state index in [9.17, 15) is 0 Å². The third kappa shape index (κ3) is 4.31. The van der Waals surface area contributed by atoms with Gasteiger partial charge in [-0.3, -0.25) is 0 Å². The molecule has 1 fully saturated rings. The molecule has 0 spiro atoms. The van der Waals surface area contributed by atoms with Crippen LogP contribution in [-0.2, 0) is 4.74 Å². The molecule has 0 aromatic heterocycles. The van der Waals surface area contributed by atoms with E-state index in [1.165, 1.54) is 25.7 Å². The molecule has 1 aromatic rings. The number of nitrogen functional groups attached to an aromatic ring is 1. The molecule has 106 valence electrons. The summed E-state index contributed by atoms with van der Waals surface area (Å²) >= 11 is 0. The molecule has 4 heteroatoms. The Morgan fingerprint density at radius 3 is 2.84 bits per heavy atom. The maximum Gasteiger partial charge on any atom is 0.144 e. The molecule has 0 heterocycles. The van der Waals surface area contributed by atoms with Gasteiger partial charge in [-0.25, -0.2) is 0 Å².